The van der Waals surface area contributed by atoms with Crippen LogP contribution < -0.4 is 9.47 Å². The lowest BCUT2D eigenvalue weighted by molar-refractivity contribution is -0.130. The molecule has 5 heteroatoms. The average Bonchev–Trinajstić information content (AvgIpc) is 2.58. The van der Waals surface area contributed by atoms with Crippen molar-refractivity contribution in [2.75, 3.05) is 6.61 Å². The van der Waals surface area contributed by atoms with Crippen molar-refractivity contribution in [2.45, 2.75) is 13.8 Å². The zero-order valence-electron chi connectivity index (χ0n) is 13.5. The predicted octanol–water partition coefficient (Wildman–Crippen LogP) is 3.50. The molecule has 1 N–H and O–H groups in total. The van der Waals surface area contributed by atoms with Crippen LogP contribution in [0.5, 0.6) is 17.2 Å². The first kappa shape index (κ1) is 17.3. The summed E-state index contributed by atoms with van der Waals surface area (Å²) in [5.74, 6) is -1.37. The van der Waals surface area contributed by atoms with E-state index >= 15 is 0 Å². The number of ether oxygens (including phenoxy) is 2. The Labute approximate surface area is 140 Å². The van der Waals surface area contributed by atoms with Gasteiger partial charge in [0.2, 0.25) is 5.75 Å². The Bertz CT molecular complexity index is 778. The highest BCUT2D eigenvalue weighted by Crippen LogP contribution is 2.40. The van der Waals surface area contributed by atoms with Gasteiger partial charge in [-0.15, -0.1) is 0 Å². The Morgan fingerprint density at radius 3 is 2.38 bits per heavy atom. The molecule has 0 saturated carbocycles. The lowest BCUT2D eigenvalue weighted by Crippen LogP contribution is -2.10. The molecule has 0 unspecified atom stereocenters. The van der Waals surface area contributed by atoms with Crippen molar-refractivity contribution in [1.29, 1.82) is 0 Å². The molecule has 0 spiro atoms. The van der Waals surface area contributed by atoms with Gasteiger partial charge in [-0.1, -0.05) is 36.9 Å². The van der Waals surface area contributed by atoms with Crippen LogP contribution in [0.3, 0.4) is 0 Å². The summed E-state index contributed by atoms with van der Waals surface area (Å²) in [6.45, 7) is 6.96. The molecule has 0 bridgehead atoms. The summed E-state index contributed by atoms with van der Waals surface area (Å²) in [4.78, 5) is 24.2. The molecule has 0 amide bonds. The summed E-state index contributed by atoms with van der Waals surface area (Å²) in [5, 5.41) is 10.4. The van der Waals surface area contributed by atoms with Gasteiger partial charge < -0.3 is 14.6 Å². The molecule has 24 heavy (non-hydrogen) atoms. The number of aromatic hydroxyl groups is 1. The van der Waals surface area contributed by atoms with Crippen LogP contribution in [0.2, 0.25) is 0 Å². The number of phenols is 1. The summed E-state index contributed by atoms with van der Waals surface area (Å²) >= 11 is 0. The largest absolute Gasteiger partial charge is 0.504 e. The molecule has 2 aromatic carbocycles. The Morgan fingerprint density at radius 1 is 1.12 bits per heavy atom. The summed E-state index contributed by atoms with van der Waals surface area (Å²) in [6, 6.07) is 11.4. The SMILES string of the molecule is C=C(C)C(=O)Oc1ccc(C(=O)c2ccccc2)c(O)c1OCC. The van der Waals surface area contributed by atoms with E-state index in [1.165, 1.54) is 19.1 Å². The first-order chi connectivity index (χ1) is 11.5. The minimum absolute atomic E-state index is 0.0342. The summed E-state index contributed by atoms with van der Waals surface area (Å²) in [6.07, 6.45) is 0. The number of carbonyl (C=O) groups is 2. The molecule has 2 aromatic rings. The maximum atomic E-state index is 12.5. The second-order valence-corrected chi connectivity index (χ2v) is 5.09. The molecule has 0 heterocycles. The first-order valence-electron chi connectivity index (χ1n) is 7.41. The van der Waals surface area contributed by atoms with Crippen LogP contribution in [0, 0.1) is 0 Å². The van der Waals surface area contributed by atoms with Gasteiger partial charge in [-0.2, -0.15) is 0 Å². The summed E-state index contributed by atoms with van der Waals surface area (Å²) < 4.78 is 10.5. The molecule has 0 atom stereocenters. The van der Waals surface area contributed by atoms with E-state index in [2.05, 4.69) is 6.58 Å². The summed E-state index contributed by atoms with van der Waals surface area (Å²) in [7, 11) is 0. The highest BCUT2D eigenvalue weighted by Gasteiger charge is 2.22. The van der Waals surface area contributed by atoms with Crippen LogP contribution >= 0.6 is 0 Å². The minimum atomic E-state index is -0.641. The van der Waals surface area contributed by atoms with Gasteiger partial charge in [0.25, 0.3) is 0 Å². The van der Waals surface area contributed by atoms with E-state index in [1.54, 1.807) is 37.3 Å². The third-order valence-corrected chi connectivity index (χ3v) is 3.22. The van der Waals surface area contributed by atoms with E-state index in [-0.39, 0.29) is 40.8 Å². The Morgan fingerprint density at radius 2 is 1.79 bits per heavy atom. The number of phenolic OH excluding ortho intramolecular Hbond substituents is 1. The van der Waals surface area contributed by atoms with Crippen molar-refractivity contribution < 1.29 is 24.2 Å². The smallest absolute Gasteiger partial charge is 0.338 e. The van der Waals surface area contributed by atoms with Gasteiger partial charge in [-0.3, -0.25) is 4.79 Å². The van der Waals surface area contributed by atoms with E-state index in [9.17, 15) is 14.7 Å². The topological polar surface area (TPSA) is 72.8 Å². The van der Waals surface area contributed by atoms with Crippen LogP contribution in [-0.4, -0.2) is 23.5 Å². The average molecular weight is 326 g/mol. The molecule has 0 radical (unpaired) electrons. The van der Waals surface area contributed by atoms with Gasteiger partial charge in [0, 0.05) is 11.1 Å². The van der Waals surface area contributed by atoms with Crippen LogP contribution in [-0.2, 0) is 4.79 Å². The normalized spacial score (nSPS) is 10.1. The molecule has 0 aliphatic carbocycles. The van der Waals surface area contributed by atoms with Gasteiger partial charge in [0.1, 0.15) is 0 Å². The zero-order valence-corrected chi connectivity index (χ0v) is 13.5. The Balaban J connectivity index is 2.45. The lowest BCUT2D eigenvalue weighted by Gasteiger charge is -2.14. The molecule has 5 nitrogen and oxygen atoms in total. The van der Waals surface area contributed by atoms with E-state index in [0.717, 1.165) is 0 Å². The van der Waals surface area contributed by atoms with Crippen molar-refractivity contribution in [2.24, 2.45) is 0 Å². The third-order valence-electron chi connectivity index (χ3n) is 3.22. The molecule has 0 aliphatic rings. The Hall–Kier alpha value is -3.08. The van der Waals surface area contributed by atoms with Gasteiger partial charge in [-0.05, 0) is 26.0 Å². The standard InChI is InChI=1S/C19H18O5/c1-4-23-18-15(24-19(22)12(2)3)11-10-14(17(18)21)16(20)13-8-6-5-7-9-13/h5-11,21H,2,4H2,1,3H3. The number of ketones is 1. The molecular formula is C19H18O5. The van der Waals surface area contributed by atoms with Crippen molar-refractivity contribution in [3.63, 3.8) is 0 Å². The van der Waals surface area contributed by atoms with E-state index < -0.39 is 5.97 Å². The van der Waals surface area contributed by atoms with Gasteiger partial charge >= 0.3 is 5.97 Å². The quantitative estimate of drug-likeness (QED) is 0.381. The van der Waals surface area contributed by atoms with Crippen LogP contribution in [0.4, 0.5) is 0 Å². The summed E-state index contributed by atoms with van der Waals surface area (Å²) in [5.41, 5.74) is 0.711. The highest BCUT2D eigenvalue weighted by atomic mass is 16.6. The molecule has 124 valence electrons. The van der Waals surface area contributed by atoms with Gasteiger partial charge in [-0.25, -0.2) is 4.79 Å². The number of rotatable bonds is 6. The second-order valence-electron chi connectivity index (χ2n) is 5.09. The number of benzene rings is 2. The van der Waals surface area contributed by atoms with Gasteiger partial charge in [0.15, 0.2) is 17.3 Å². The molecule has 0 aliphatic heterocycles. The monoisotopic (exact) mass is 326 g/mol. The second kappa shape index (κ2) is 7.46. The maximum absolute atomic E-state index is 12.5. The van der Waals surface area contributed by atoms with Crippen molar-refractivity contribution in [3.8, 4) is 17.2 Å². The molecular weight excluding hydrogens is 308 g/mol. The van der Waals surface area contributed by atoms with Crippen LogP contribution in [0.1, 0.15) is 29.8 Å². The molecule has 0 aromatic heterocycles. The van der Waals surface area contributed by atoms with Crippen LogP contribution in [0.25, 0.3) is 0 Å². The fourth-order valence-corrected chi connectivity index (χ4v) is 2.03. The van der Waals surface area contributed by atoms with Crippen molar-refractivity contribution in [1.82, 2.24) is 0 Å². The number of esters is 1. The Kier molecular flexibility index (Phi) is 5.37. The lowest BCUT2D eigenvalue weighted by atomic mass is 10.0. The van der Waals surface area contributed by atoms with E-state index in [1.807, 2.05) is 0 Å². The third kappa shape index (κ3) is 3.63. The number of hydrogen-bond acceptors (Lipinski definition) is 5. The molecule has 0 fully saturated rings. The van der Waals surface area contributed by atoms with Gasteiger partial charge in [0.05, 0.1) is 12.2 Å². The predicted molar refractivity (Wildman–Crippen MR) is 89.6 cm³/mol. The highest BCUT2D eigenvalue weighted by molar-refractivity contribution is 6.11. The minimum Gasteiger partial charge on any atom is -0.504 e. The van der Waals surface area contributed by atoms with Crippen molar-refractivity contribution in [3.05, 3.63) is 65.7 Å². The van der Waals surface area contributed by atoms with Crippen molar-refractivity contribution >= 4 is 11.8 Å². The number of hydrogen-bond donors (Lipinski definition) is 1. The zero-order chi connectivity index (χ0) is 17.7. The van der Waals surface area contributed by atoms with Crippen LogP contribution in [0.15, 0.2) is 54.6 Å². The first-order valence-corrected chi connectivity index (χ1v) is 7.41. The molecule has 0 saturated heterocycles. The van der Waals surface area contributed by atoms with E-state index in [4.69, 9.17) is 9.47 Å². The van der Waals surface area contributed by atoms with E-state index in [0.29, 0.717) is 5.56 Å². The maximum Gasteiger partial charge on any atom is 0.338 e. The fraction of sp³-hybridized carbons (Fsp3) is 0.158. The molecule has 2 rings (SSSR count). The number of carbonyl (C=O) groups excluding carboxylic acids is 2. The fourth-order valence-electron chi connectivity index (χ4n) is 2.03.